The molecule has 2 aromatic rings. The van der Waals surface area contributed by atoms with Crippen LogP contribution in [0.25, 0.3) is 0 Å². The lowest BCUT2D eigenvalue weighted by molar-refractivity contribution is -0.122. The number of nitrogens with zero attached hydrogens (tertiary/aromatic N) is 1. The van der Waals surface area contributed by atoms with Crippen LogP contribution in [0.4, 0.5) is 0 Å². The Hall–Kier alpha value is -2.73. The summed E-state index contributed by atoms with van der Waals surface area (Å²) in [4.78, 5) is 14.1. The number of benzene rings is 2. The number of carbonyl (C=O) groups excluding carboxylic acids is 1. The van der Waals surface area contributed by atoms with Crippen molar-refractivity contribution in [2.24, 2.45) is 0 Å². The van der Waals surface area contributed by atoms with Gasteiger partial charge >= 0.3 is 0 Å². The van der Waals surface area contributed by atoms with Gasteiger partial charge in [0, 0.05) is 6.54 Å². The second-order valence-electron chi connectivity index (χ2n) is 6.32. The van der Waals surface area contributed by atoms with Crippen molar-refractivity contribution in [1.29, 1.82) is 0 Å². The summed E-state index contributed by atoms with van der Waals surface area (Å²) in [7, 11) is 3.56. The van der Waals surface area contributed by atoms with Crippen molar-refractivity contribution in [2.45, 2.75) is 12.6 Å². The molecule has 0 saturated carbocycles. The maximum absolute atomic E-state index is 12.2. The van der Waals surface area contributed by atoms with Crippen LogP contribution in [0.1, 0.15) is 5.56 Å². The molecule has 3 rings (SSSR count). The van der Waals surface area contributed by atoms with Gasteiger partial charge in [-0.1, -0.05) is 24.3 Å². The monoisotopic (exact) mass is 356 g/mol. The summed E-state index contributed by atoms with van der Waals surface area (Å²) < 4.78 is 16.6. The summed E-state index contributed by atoms with van der Waals surface area (Å²) in [5.41, 5.74) is 1.13. The van der Waals surface area contributed by atoms with Crippen LogP contribution >= 0.6 is 0 Å². The number of methoxy groups -OCH3 is 1. The first-order chi connectivity index (χ1) is 12.6. The number of likely N-dealkylation sites (N-methyl/N-ethyl adjacent to an activating group) is 1. The molecule has 138 valence electrons. The van der Waals surface area contributed by atoms with Crippen LogP contribution in [-0.2, 0) is 11.3 Å². The SMILES string of the molecule is COc1ccc(CN(C)CC(=O)NCC2COc3ccccc3O2)cc1. The van der Waals surface area contributed by atoms with Crippen molar-refractivity contribution in [2.75, 3.05) is 33.9 Å². The number of hydrogen-bond donors (Lipinski definition) is 1. The molecule has 0 aromatic heterocycles. The highest BCUT2D eigenvalue weighted by Gasteiger charge is 2.21. The summed E-state index contributed by atoms with van der Waals surface area (Å²) >= 11 is 0. The third-order valence-electron chi connectivity index (χ3n) is 4.12. The quantitative estimate of drug-likeness (QED) is 0.823. The van der Waals surface area contributed by atoms with Crippen LogP contribution in [0.3, 0.4) is 0 Å². The van der Waals surface area contributed by atoms with E-state index in [1.807, 2.05) is 60.5 Å². The second kappa shape index (κ2) is 8.58. The van der Waals surface area contributed by atoms with E-state index in [1.54, 1.807) is 7.11 Å². The minimum Gasteiger partial charge on any atom is -0.497 e. The number of amides is 1. The maximum atomic E-state index is 12.2. The number of para-hydroxylation sites is 2. The van der Waals surface area contributed by atoms with E-state index < -0.39 is 0 Å². The van der Waals surface area contributed by atoms with Crippen LogP contribution in [0.5, 0.6) is 17.2 Å². The van der Waals surface area contributed by atoms with Gasteiger partial charge in [-0.05, 0) is 36.9 Å². The Morgan fingerprint density at radius 2 is 1.92 bits per heavy atom. The molecule has 1 N–H and O–H groups in total. The van der Waals surface area contributed by atoms with E-state index in [0.29, 0.717) is 26.2 Å². The number of fused-ring (bicyclic) bond motifs is 1. The van der Waals surface area contributed by atoms with Crippen LogP contribution in [0.15, 0.2) is 48.5 Å². The second-order valence-corrected chi connectivity index (χ2v) is 6.32. The number of carbonyl (C=O) groups is 1. The Balaban J connectivity index is 1.41. The molecule has 0 aliphatic carbocycles. The lowest BCUT2D eigenvalue weighted by Gasteiger charge is -2.26. The molecule has 0 radical (unpaired) electrons. The standard InChI is InChI=1S/C20H24N2O4/c1-22(12-15-7-9-16(24-2)10-8-15)13-20(23)21-11-17-14-25-18-5-3-4-6-19(18)26-17/h3-10,17H,11-14H2,1-2H3,(H,21,23). The lowest BCUT2D eigenvalue weighted by Crippen LogP contribution is -2.43. The molecule has 0 spiro atoms. The highest BCUT2D eigenvalue weighted by Crippen LogP contribution is 2.30. The van der Waals surface area contributed by atoms with E-state index in [1.165, 1.54) is 0 Å². The van der Waals surface area contributed by atoms with E-state index in [0.717, 1.165) is 22.8 Å². The zero-order chi connectivity index (χ0) is 18.4. The van der Waals surface area contributed by atoms with E-state index in [2.05, 4.69) is 5.32 Å². The fraction of sp³-hybridized carbons (Fsp3) is 0.350. The molecular weight excluding hydrogens is 332 g/mol. The van der Waals surface area contributed by atoms with E-state index in [-0.39, 0.29) is 12.0 Å². The molecule has 6 nitrogen and oxygen atoms in total. The Kier molecular flexibility index (Phi) is 5.96. The third kappa shape index (κ3) is 4.89. The molecule has 1 aliphatic heterocycles. The number of hydrogen-bond acceptors (Lipinski definition) is 5. The molecular formula is C20H24N2O4. The summed E-state index contributed by atoms with van der Waals surface area (Å²) in [5, 5.41) is 2.91. The average molecular weight is 356 g/mol. The average Bonchev–Trinajstić information content (AvgIpc) is 2.66. The number of ether oxygens (including phenoxy) is 3. The van der Waals surface area contributed by atoms with Crippen LogP contribution < -0.4 is 19.5 Å². The van der Waals surface area contributed by atoms with Gasteiger partial charge in [0.1, 0.15) is 18.5 Å². The van der Waals surface area contributed by atoms with Gasteiger partial charge in [0.05, 0.1) is 20.2 Å². The summed E-state index contributed by atoms with van der Waals surface area (Å²) in [5.74, 6) is 2.25. The van der Waals surface area contributed by atoms with Crippen LogP contribution in [0.2, 0.25) is 0 Å². The normalized spacial score (nSPS) is 15.6. The molecule has 0 saturated heterocycles. The summed E-state index contributed by atoms with van der Waals surface area (Å²) in [6.07, 6.45) is -0.180. The minimum atomic E-state index is -0.180. The molecule has 1 heterocycles. The third-order valence-corrected chi connectivity index (χ3v) is 4.12. The van der Waals surface area contributed by atoms with E-state index >= 15 is 0 Å². The van der Waals surface area contributed by atoms with Crippen molar-refractivity contribution in [3.8, 4) is 17.2 Å². The number of rotatable bonds is 7. The Labute approximate surface area is 153 Å². The fourth-order valence-corrected chi connectivity index (χ4v) is 2.79. The van der Waals surface area contributed by atoms with Crippen LogP contribution in [0, 0.1) is 0 Å². The molecule has 1 amide bonds. The molecule has 1 atom stereocenters. The predicted molar refractivity (Wildman–Crippen MR) is 98.7 cm³/mol. The Morgan fingerprint density at radius 3 is 2.65 bits per heavy atom. The van der Waals surface area contributed by atoms with Gasteiger partial charge in [0.15, 0.2) is 11.5 Å². The predicted octanol–water partition coefficient (Wildman–Crippen LogP) is 2.08. The Morgan fingerprint density at radius 1 is 1.19 bits per heavy atom. The highest BCUT2D eigenvalue weighted by molar-refractivity contribution is 5.78. The van der Waals surface area contributed by atoms with Crippen molar-refractivity contribution in [1.82, 2.24) is 10.2 Å². The lowest BCUT2D eigenvalue weighted by atomic mass is 10.2. The zero-order valence-electron chi connectivity index (χ0n) is 15.1. The minimum absolute atomic E-state index is 0.0385. The first-order valence-corrected chi connectivity index (χ1v) is 8.60. The molecule has 2 aromatic carbocycles. The summed E-state index contributed by atoms with van der Waals surface area (Å²) in [6, 6.07) is 15.4. The molecule has 26 heavy (non-hydrogen) atoms. The number of nitrogens with one attached hydrogen (secondary N) is 1. The fourth-order valence-electron chi connectivity index (χ4n) is 2.79. The molecule has 6 heteroatoms. The molecule has 0 bridgehead atoms. The van der Waals surface area contributed by atoms with Gasteiger partial charge in [-0.15, -0.1) is 0 Å². The first-order valence-electron chi connectivity index (χ1n) is 8.60. The van der Waals surface area contributed by atoms with Gasteiger partial charge < -0.3 is 19.5 Å². The van der Waals surface area contributed by atoms with Gasteiger partial charge in [-0.3, -0.25) is 9.69 Å². The maximum Gasteiger partial charge on any atom is 0.234 e. The topological polar surface area (TPSA) is 60.0 Å². The molecule has 1 aliphatic rings. The van der Waals surface area contributed by atoms with Gasteiger partial charge in [-0.25, -0.2) is 0 Å². The molecule has 0 fully saturated rings. The van der Waals surface area contributed by atoms with Gasteiger partial charge in [0.2, 0.25) is 5.91 Å². The molecule has 1 unspecified atom stereocenters. The van der Waals surface area contributed by atoms with Gasteiger partial charge in [-0.2, -0.15) is 0 Å². The van der Waals surface area contributed by atoms with Crippen molar-refractivity contribution in [3.05, 3.63) is 54.1 Å². The van der Waals surface area contributed by atoms with E-state index in [4.69, 9.17) is 14.2 Å². The Bertz CT molecular complexity index is 733. The van der Waals surface area contributed by atoms with Crippen molar-refractivity contribution < 1.29 is 19.0 Å². The largest absolute Gasteiger partial charge is 0.497 e. The van der Waals surface area contributed by atoms with Crippen molar-refractivity contribution >= 4 is 5.91 Å². The summed E-state index contributed by atoms with van der Waals surface area (Å²) in [6.45, 7) is 1.85. The van der Waals surface area contributed by atoms with E-state index in [9.17, 15) is 4.79 Å². The smallest absolute Gasteiger partial charge is 0.234 e. The van der Waals surface area contributed by atoms with Crippen LogP contribution in [-0.4, -0.2) is 50.8 Å². The van der Waals surface area contributed by atoms with Crippen molar-refractivity contribution in [3.63, 3.8) is 0 Å². The zero-order valence-corrected chi connectivity index (χ0v) is 15.1. The first kappa shape index (κ1) is 18.1. The van der Waals surface area contributed by atoms with Gasteiger partial charge in [0.25, 0.3) is 0 Å². The highest BCUT2D eigenvalue weighted by atomic mass is 16.6.